The van der Waals surface area contributed by atoms with E-state index < -0.39 is 10.4 Å². The smallest absolute Gasteiger partial charge is 0.311 e. The third-order valence-electron chi connectivity index (χ3n) is 1.00. The van der Waals surface area contributed by atoms with Gasteiger partial charge in [-0.3, -0.25) is 4.55 Å². The molecule has 2 N–H and O–H groups in total. The summed E-state index contributed by atoms with van der Waals surface area (Å²) in [6.45, 7) is 0.972. The minimum absolute atomic E-state index is 0.375. The molecule has 1 aliphatic rings. The Kier molecular flexibility index (Phi) is 1.71. The predicted molar refractivity (Wildman–Crippen MR) is 29.3 cm³/mol. The number of rotatable bonds is 2. The fraction of sp³-hybridized carbons (Fsp3) is 1.00. The van der Waals surface area contributed by atoms with Crippen molar-refractivity contribution >= 4 is 10.4 Å². The molecular weight excluding hydrogens is 146 g/mol. The summed E-state index contributed by atoms with van der Waals surface area (Å²) in [6.07, 6.45) is -0.375. The second-order valence-electron chi connectivity index (χ2n) is 1.80. The molecular formula is C3H7NO4S. The molecule has 1 rings (SSSR count). The summed E-state index contributed by atoms with van der Waals surface area (Å²) in [4.78, 5) is 0. The van der Waals surface area contributed by atoms with Crippen molar-refractivity contribution < 1.29 is 17.2 Å². The van der Waals surface area contributed by atoms with E-state index in [0.29, 0.717) is 13.1 Å². The molecule has 0 amide bonds. The molecule has 9 heavy (non-hydrogen) atoms. The quantitative estimate of drug-likeness (QED) is 0.486. The van der Waals surface area contributed by atoms with Crippen molar-refractivity contribution in [3.8, 4) is 0 Å². The largest absolute Gasteiger partial charge is 0.397 e. The van der Waals surface area contributed by atoms with Gasteiger partial charge in [0.1, 0.15) is 6.10 Å². The molecule has 5 nitrogen and oxygen atoms in total. The average molecular weight is 153 g/mol. The molecule has 0 aliphatic carbocycles. The SMILES string of the molecule is O=S(=O)(O)OC1CNC1. The summed E-state index contributed by atoms with van der Waals surface area (Å²) in [6, 6.07) is 0. The van der Waals surface area contributed by atoms with Crippen molar-refractivity contribution in [3.63, 3.8) is 0 Å². The molecule has 1 fully saturated rings. The lowest BCUT2D eigenvalue weighted by molar-refractivity contribution is 0.130. The first-order valence-electron chi connectivity index (χ1n) is 2.44. The van der Waals surface area contributed by atoms with E-state index in [2.05, 4.69) is 9.50 Å². The van der Waals surface area contributed by atoms with Crippen LogP contribution in [0.15, 0.2) is 0 Å². The molecule has 0 radical (unpaired) electrons. The van der Waals surface area contributed by atoms with Crippen LogP contribution in [0.3, 0.4) is 0 Å². The minimum Gasteiger partial charge on any atom is -0.311 e. The van der Waals surface area contributed by atoms with E-state index in [0.717, 1.165) is 0 Å². The summed E-state index contributed by atoms with van der Waals surface area (Å²) in [5.74, 6) is 0. The lowest BCUT2D eigenvalue weighted by atomic mass is 10.2. The average Bonchev–Trinajstić information content (AvgIpc) is 1.53. The van der Waals surface area contributed by atoms with Crippen LogP contribution in [-0.4, -0.2) is 32.2 Å². The van der Waals surface area contributed by atoms with E-state index in [1.54, 1.807) is 0 Å². The van der Waals surface area contributed by atoms with Gasteiger partial charge < -0.3 is 5.32 Å². The van der Waals surface area contributed by atoms with E-state index in [1.807, 2.05) is 0 Å². The van der Waals surface area contributed by atoms with Gasteiger partial charge in [0.05, 0.1) is 0 Å². The van der Waals surface area contributed by atoms with Crippen LogP contribution in [0, 0.1) is 0 Å². The molecule has 6 heteroatoms. The van der Waals surface area contributed by atoms with Gasteiger partial charge in [0.25, 0.3) is 0 Å². The fourth-order valence-electron chi connectivity index (χ4n) is 0.502. The maximum absolute atomic E-state index is 9.94. The highest BCUT2D eigenvalue weighted by molar-refractivity contribution is 7.80. The highest BCUT2D eigenvalue weighted by Crippen LogP contribution is 2.00. The van der Waals surface area contributed by atoms with E-state index in [-0.39, 0.29) is 6.10 Å². The lowest BCUT2D eigenvalue weighted by Gasteiger charge is -2.24. The second-order valence-corrected chi connectivity index (χ2v) is 2.85. The number of hydrogen-bond acceptors (Lipinski definition) is 4. The highest BCUT2D eigenvalue weighted by atomic mass is 32.3. The van der Waals surface area contributed by atoms with Gasteiger partial charge in [-0.15, -0.1) is 0 Å². The molecule has 1 heterocycles. The van der Waals surface area contributed by atoms with Gasteiger partial charge in [0.2, 0.25) is 0 Å². The predicted octanol–water partition coefficient (Wildman–Crippen LogP) is -1.22. The van der Waals surface area contributed by atoms with Gasteiger partial charge in [0, 0.05) is 13.1 Å². The van der Waals surface area contributed by atoms with E-state index >= 15 is 0 Å². The van der Waals surface area contributed by atoms with Crippen LogP contribution in [0.2, 0.25) is 0 Å². The van der Waals surface area contributed by atoms with Crippen LogP contribution in [0.5, 0.6) is 0 Å². The van der Waals surface area contributed by atoms with Crippen LogP contribution in [0.25, 0.3) is 0 Å². The molecule has 0 bridgehead atoms. The first-order chi connectivity index (χ1) is 4.08. The Bertz CT molecular complexity index is 182. The van der Waals surface area contributed by atoms with Gasteiger partial charge in [-0.05, 0) is 0 Å². The summed E-state index contributed by atoms with van der Waals surface area (Å²) in [7, 11) is -4.22. The zero-order valence-electron chi connectivity index (χ0n) is 4.57. The topological polar surface area (TPSA) is 75.6 Å². The van der Waals surface area contributed by atoms with Crippen LogP contribution < -0.4 is 5.32 Å². The van der Waals surface area contributed by atoms with Gasteiger partial charge in [-0.1, -0.05) is 0 Å². The Hall–Kier alpha value is -0.170. The Morgan fingerprint density at radius 3 is 2.22 bits per heavy atom. The van der Waals surface area contributed by atoms with Gasteiger partial charge >= 0.3 is 10.4 Å². The molecule has 1 aliphatic heterocycles. The third kappa shape index (κ3) is 2.27. The van der Waals surface area contributed by atoms with Crippen LogP contribution in [-0.2, 0) is 14.6 Å². The van der Waals surface area contributed by atoms with Crippen molar-refractivity contribution in [2.75, 3.05) is 13.1 Å². The van der Waals surface area contributed by atoms with Crippen molar-refractivity contribution in [3.05, 3.63) is 0 Å². The van der Waals surface area contributed by atoms with Crippen LogP contribution in [0.1, 0.15) is 0 Å². The van der Waals surface area contributed by atoms with Gasteiger partial charge in [-0.2, -0.15) is 8.42 Å². The van der Waals surface area contributed by atoms with Gasteiger partial charge in [0.15, 0.2) is 0 Å². The highest BCUT2D eigenvalue weighted by Gasteiger charge is 2.22. The second kappa shape index (κ2) is 2.22. The first kappa shape index (κ1) is 6.94. The number of hydrogen-bond donors (Lipinski definition) is 2. The summed E-state index contributed by atoms with van der Waals surface area (Å²) in [5, 5.41) is 2.78. The lowest BCUT2D eigenvalue weighted by Crippen LogP contribution is -2.49. The van der Waals surface area contributed by atoms with Gasteiger partial charge in [-0.25, -0.2) is 4.18 Å². The Balaban J connectivity index is 2.33. The van der Waals surface area contributed by atoms with E-state index in [9.17, 15) is 8.42 Å². The molecule has 0 atom stereocenters. The first-order valence-corrected chi connectivity index (χ1v) is 3.81. The van der Waals surface area contributed by atoms with E-state index in [1.165, 1.54) is 0 Å². The summed E-state index contributed by atoms with van der Waals surface area (Å²) < 4.78 is 32.1. The van der Waals surface area contributed by atoms with Crippen molar-refractivity contribution in [1.82, 2.24) is 5.32 Å². The molecule has 1 saturated heterocycles. The van der Waals surface area contributed by atoms with Crippen molar-refractivity contribution in [1.29, 1.82) is 0 Å². The minimum atomic E-state index is -4.22. The molecule has 54 valence electrons. The summed E-state index contributed by atoms with van der Waals surface area (Å²) in [5.41, 5.74) is 0. The van der Waals surface area contributed by atoms with Crippen LogP contribution >= 0.6 is 0 Å². The van der Waals surface area contributed by atoms with Crippen molar-refractivity contribution in [2.24, 2.45) is 0 Å². The Labute approximate surface area is 53.0 Å². The van der Waals surface area contributed by atoms with E-state index in [4.69, 9.17) is 4.55 Å². The molecule has 0 aromatic heterocycles. The molecule has 0 saturated carbocycles. The standard InChI is InChI=1S/C3H7NO4S/c5-9(6,7)8-3-1-4-2-3/h3-4H,1-2H2,(H,5,6,7). The normalized spacial score (nSPS) is 21.4. The zero-order chi connectivity index (χ0) is 6.91. The molecule has 0 aromatic rings. The molecule has 0 aromatic carbocycles. The summed E-state index contributed by atoms with van der Waals surface area (Å²) >= 11 is 0. The third-order valence-corrected chi connectivity index (χ3v) is 1.52. The Morgan fingerprint density at radius 1 is 1.56 bits per heavy atom. The maximum atomic E-state index is 9.94. The Morgan fingerprint density at radius 2 is 2.11 bits per heavy atom. The molecule has 0 unspecified atom stereocenters. The maximum Gasteiger partial charge on any atom is 0.397 e. The fourth-order valence-corrected chi connectivity index (χ4v) is 0.982. The van der Waals surface area contributed by atoms with Crippen LogP contribution in [0.4, 0.5) is 0 Å². The molecule has 0 spiro atoms. The number of nitrogens with one attached hydrogen (secondary N) is 1. The zero-order valence-corrected chi connectivity index (χ0v) is 5.39. The monoisotopic (exact) mass is 153 g/mol. The van der Waals surface area contributed by atoms with Crippen molar-refractivity contribution in [2.45, 2.75) is 6.10 Å².